The Morgan fingerprint density at radius 2 is 2.22 bits per heavy atom. The second-order valence-electron chi connectivity index (χ2n) is 4.40. The maximum Gasteiger partial charge on any atom is 0.199 e. The summed E-state index contributed by atoms with van der Waals surface area (Å²) in [5.41, 5.74) is 0.624. The fourth-order valence-corrected chi connectivity index (χ4v) is 1.61. The van der Waals surface area contributed by atoms with Gasteiger partial charge in [0.05, 0.1) is 25.0 Å². The fraction of sp³-hybridized carbons (Fsp3) is 0.636. The number of fused-ring (bicyclic) bond motifs is 1. The highest BCUT2D eigenvalue weighted by Crippen LogP contribution is 2.12. The molecule has 0 saturated heterocycles. The summed E-state index contributed by atoms with van der Waals surface area (Å²) in [7, 11) is 0. The Bertz CT molecular complexity index is 497. The van der Waals surface area contributed by atoms with E-state index in [9.17, 15) is 0 Å². The fourth-order valence-electron chi connectivity index (χ4n) is 1.61. The first kappa shape index (κ1) is 12.7. The van der Waals surface area contributed by atoms with Gasteiger partial charge in [-0.05, 0) is 23.3 Å². The van der Waals surface area contributed by atoms with Crippen molar-refractivity contribution in [2.75, 3.05) is 18.5 Å². The van der Waals surface area contributed by atoms with Gasteiger partial charge in [0.25, 0.3) is 0 Å². The third kappa shape index (κ3) is 2.73. The van der Waals surface area contributed by atoms with Crippen molar-refractivity contribution in [3.8, 4) is 0 Å². The molecule has 0 amide bonds. The molecule has 7 nitrogen and oxygen atoms in total. The molecule has 98 valence electrons. The largest absolute Gasteiger partial charge is 0.380 e. The summed E-state index contributed by atoms with van der Waals surface area (Å²) < 4.78 is 7.11. The number of hydrogen-bond donors (Lipinski definition) is 1. The van der Waals surface area contributed by atoms with Gasteiger partial charge in [-0.2, -0.15) is 4.52 Å². The molecule has 0 saturated carbocycles. The Kier molecular flexibility index (Phi) is 4.03. The van der Waals surface area contributed by atoms with Crippen LogP contribution in [0.5, 0.6) is 0 Å². The highest BCUT2D eigenvalue weighted by Gasteiger charge is 2.15. The van der Waals surface area contributed by atoms with Crippen LogP contribution in [-0.2, 0) is 4.74 Å². The van der Waals surface area contributed by atoms with Crippen molar-refractivity contribution in [2.24, 2.45) is 5.92 Å². The minimum absolute atomic E-state index is 0.196. The van der Waals surface area contributed by atoms with Crippen LogP contribution in [0, 0.1) is 5.92 Å². The van der Waals surface area contributed by atoms with E-state index >= 15 is 0 Å². The molecule has 0 aliphatic carbocycles. The van der Waals surface area contributed by atoms with Gasteiger partial charge in [0.2, 0.25) is 0 Å². The molecule has 2 rings (SSSR count). The minimum atomic E-state index is 0.196. The van der Waals surface area contributed by atoms with E-state index < -0.39 is 0 Å². The Morgan fingerprint density at radius 3 is 2.94 bits per heavy atom. The molecular formula is C11H18N6O. The number of nitrogens with one attached hydrogen (secondary N) is 1. The van der Waals surface area contributed by atoms with Gasteiger partial charge >= 0.3 is 0 Å². The third-order valence-corrected chi connectivity index (χ3v) is 2.75. The lowest BCUT2D eigenvalue weighted by Crippen LogP contribution is -2.32. The second-order valence-corrected chi connectivity index (χ2v) is 4.40. The first-order chi connectivity index (χ1) is 8.72. The number of hydrogen-bond acceptors (Lipinski definition) is 6. The summed E-state index contributed by atoms with van der Waals surface area (Å²) in [6.45, 7) is 7.62. The van der Waals surface area contributed by atoms with Gasteiger partial charge in [-0.15, -0.1) is 5.10 Å². The lowest BCUT2D eigenvalue weighted by Gasteiger charge is -2.22. The molecule has 2 heterocycles. The molecule has 2 aromatic rings. The van der Waals surface area contributed by atoms with E-state index in [4.69, 9.17) is 4.74 Å². The van der Waals surface area contributed by atoms with Crippen molar-refractivity contribution < 1.29 is 4.74 Å². The zero-order valence-corrected chi connectivity index (χ0v) is 10.9. The highest BCUT2D eigenvalue weighted by atomic mass is 16.5. The van der Waals surface area contributed by atoms with E-state index in [1.54, 1.807) is 16.9 Å². The molecule has 1 N–H and O–H groups in total. The summed E-state index contributed by atoms with van der Waals surface area (Å²) in [5, 5.41) is 14.8. The van der Waals surface area contributed by atoms with Gasteiger partial charge in [-0.3, -0.25) is 4.98 Å². The van der Waals surface area contributed by atoms with Crippen molar-refractivity contribution in [3.63, 3.8) is 0 Å². The standard InChI is InChI=1S/C11H18N6O/c1-4-18-7-9(8(2)3)13-10-5-12-6-11-14-15-16-17(10)11/h5-6,8-9,13H,4,7H2,1-3H3. The number of tetrazole rings is 1. The van der Waals surface area contributed by atoms with Crippen LogP contribution in [0.3, 0.4) is 0 Å². The second kappa shape index (κ2) is 5.72. The van der Waals surface area contributed by atoms with Crippen LogP contribution in [-0.4, -0.2) is 44.3 Å². The number of anilines is 1. The molecule has 18 heavy (non-hydrogen) atoms. The molecule has 0 aliphatic rings. The van der Waals surface area contributed by atoms with Gasteiger partial charge in [0, 0.05) is 6.61 Å². The minimum Gasteiger partial charge on any atom is -0.380 e. The first-order valence-corrected chi connectivity index (χ1v) is 6.08. The van der Waals surface area contributed by atoms with Crippen LogP contribution >= 0.6 is 0 Å². The van der Waals surface area contributed by atoms with E-state index in [-0.39, 0.29) is 6.04 Å². The highest BCUT2D eigenvalue weighted by molar-refractivity contribution is 5.44. The molecule has 0 fully saturated rings. The van der Waals surface area contributed by atoms with E-state index in [0.717, 1.165) is 5.82 Å². The van der Waals surface area contributed by atoms with Gasteiger partial charge in [0.15, 0.2) is 11.5 Å². The van der Waals surface area contributed by atoms with Crippen molar-refractivity contribution in [1.82, 2.24) is 25.0 Å². The number of ether oxygens (including phenoxy) is 1. The first-order valence-electron chi connectivity index (χ1n) is 6.08. The van der Waals surface area contributed by atoms with Crippen LogP contribution in [0.15, 0.2) is 12.4 Å². The topological polar surface area (TPSA) is 77.2 Å². The normalized spacial score (nSPS) is 13.1. The number of aromatic nitrogens is 5. The monoisotopic (exact) mass is 250 g/mol. The molecule has 0 aromatic carbocycles. The Labute approximate surface area is 106 Å². The molecular weight excluding hydrogens is 232 g/mol. The van der Waals surface area contributed by atoms with Gasteiger partial charge in [-0.25, -0.2) is 0 Å². The van der Waals surface area contributed by atoms with Crippen molar-refractivity contribution >= 4 is 11.5 Å². The summed E-state index contributed by atoms with van der Waals surface area (Å²) in [4.78, 5) is 4.11. The SMILES string of the molecule is CCOCC(Nc1cncc2nnnn12)C(C)C. The van der Waals surface area contributed by atoms with Crippen molar-refractivity contribution in [3.05, 3.63) is 12.4 Å². The molecule has 0 spiro atoms. The smallest absolute Gasteiger partial charge is 0.199 e. The molecule has 1 unspecified atom stereocenters. The zero-order valence-electron chi connectivity index (χ0n) is 10.9. The number of rotatable bonds is 6. The Balaban J connectivity index is 2.17. The molecule has 2 aromatic heterocycles. The maximum atomic E-state index is 5.48. The summed E-state index contributed by atoms with van der Waals surface area (Å²) in [6.07, 6.45) is 3.34. The Hall–Kier alpha value is -1.76. The molecule has 1 atom stereocenters. The summed E-state index contributed by atoms with van der Waals surface area (Å²) >= 11 is 0. The van der Waals surface area contributed by atoms with Crippen LogP contribution in [0.2, 0.25) is 0 Å². The van der Waals surface area contributed by atoms with Crippen LogP contribution in [0.4, 0.5) is 5.82 Å². The predicted molar refractivity (Wildman–Crippen MR) is 67.3 cm³/mol. The zero-order chi connectivity index (χ0) is 13.0. The average molecular weight is 250 g/mol. The molecule has 0 radical (unpaired) electrons. The van der Waals surface area contributed by atoms with Gasteiger partial charge in [-0.1, -0.05) is 13.8 Å². The third-order valence-electron chi connectivity index (χ3n) is 2.75. The predicted octanol–water partition coefficient (Wildman–Crippen LogP) is 0.992. The van der Waals surface area contributed by atoms with E-state index in [1.807, 2.05) is 6.92 Å². The van der Waals surface area contributed by atoms with Gasteiger partial charge in [0.1, 0.15) is 0 Å². The van der Waals surface area contributed by atoms with Crippen LogP contribution in [0.1, 0.15) is 20.8 Å². The average Bonchev–Trinajstić information content (AvgIpc) is 2.83. The number of nitrogens with zero attached hydrogens (tertiary/aromatic N) is 5. The molecule has 7 heteroatoms. The summed E-state index contributed by atoms with van der Waals surface area (Å²) in [6, 6.07) is 0.196. The van der Waals surface area contributed by atoms with Crippen LogP contribution in [0.25, 0.3) is 5.65 Å². The van der Waals surface area contributed by atoms with E-state index in [0.29, 0.717) is 24.8 Å². The maximum absolute atomic E-state index is 5.48. The lowest BCUT2D eigenvalue weighted by molar-refractivity contribution is 0.126. The van der Waals surface area contributed by atoms with Gasteiger partial charge < -0.3 is 10.1 Å². The van der Waals surface area contributed by atoms with Crippen molar-refractivity contribution in [1.29, 1.82) is 0 Å². The lowest BCUT2D eigenvalue weighted by atomic mass is 10.1. The van der Waals surface area contributed by atoms with E-state index in [1.165, 1.54) is 0 Å². The van der Waals surface area contributed by atoms with Crippen LogP contribution < -0.4 is 5.32 Å². The molecule has 0 aliphatic heterocycles. The quantitative estimate of drug-likeness (QED) is 0.824. The summed E-state index contributed by atoms with van der Waals surface area (Å²) in [5.74, 6) is 1.21. The van der Waals surface area contributed by atoms with Crippen molar-refractivity contribution in [2.45, 2.75) is 26.8 Å². The Morgan fingerprint density at radius 1 is 1.39 bits per heavy atom. The molecule has 0 bridgehead atoms. The van der Waals surface area contributed by atoms with E-state index in [2.05, 4.69) is 39.7 Å².